The number of hydrogen-bond donors (Lipinski definition) is 2. The molecule has 1 aliphatic heterocycles. The van der Waals surface area contributed by atoms with Crippen LogP contribution >= 0.6 is 0 Å². The van der Waals surface area contributed by atoms with Crippen LogP contribution in [0.3, 0.4) is 0 Å². The van der Waals surface area contributed by atoms with Crippen LogP contribution in [0.2, 0.25) is 0 Å². The van der Waals surface area contributed by atoms with Gasteiger partial charge in [0.2, 0.25) is 0 Å². The van der Waals surface area contributed by atoms with Crippen LogP contribution in [-0.2, 0) is 4.79 Å². The molecule has 0 radical (unpaired) electrons. The number of rotatable bonds is 2. The van der Waals surface area contributed by atoms with E-state index in [2.05, 4.69) is 43.4 Å². The monoisotopic (exact) mass is 399 g/mol. The molecule has 0 unspecified atom stereocenters. The summed E-state index contributed by atoms with van der Waals surface area (Å²) in [5.41, 5.74) is 4.73. The molecule has 2 aliphatic rings. The lowest BCUT2D eigenvalue weighted by Gasteiger charge is -2.40. The van der Waals surface area contributed by atoms with Crippen molar-refractivity contribution in [1.29, 1.82) is 0 Å². The van der Waals surface area contributed by atoms with Gasteiger partial charge in [-0.1, -0.05) is 44.2 Å². The molecule has 1 aliphatic carbocycles. The molecule has 0 fully saturated rings. The van der Waals surface area contributed by atoms with E-state index in [9.17, 15) is 9.90 Å². The third kappa shape index (κ3) is 2.86. The highest BCUT2D eigenvalue weighted by Gasteiger charge is 2.41. The molecule has 5 rings (SSSR count). The second kappa shape index (κ2) is 6.63. The van der Waals surface area contributed by atoms with Crippen LogP contribution in [0.15, 0.2) is 60.2 Å². The summed E-state index contributed by atoms with van der Waals surface area (Å²) in [6, 6.07) is 17.4. The number of benzene rings is 3. The molecule has 2 N–H and O–H groups in total. The number of allylic oxidation sites excluding steroid dienone is 1. The van der Waals surface area contributed by atoms with Crippen molar-refractivity contribution in [1.82, 2.24) is 0 Å². The van der Waals surface area contributed by atoms with Gasteiger partial charge in [0.1, 0.15) is 11.5 Å². The third-order valence-corrected chi connectivity index (χ3v) is 6.26. The van der Waals surface area contributed by atoms with Crippen LogP contribution in [0.5, 0.6) is 11.5 Å². The number of ketones is 1. The van der Waals surface area contributed by atoms with Crippen molar-refractivity contribution in [2.24, 2.45) is 5.41 Å². The zero-order valence-corrected chi connectivity index (χ0v) is 17.5. The van der Waals surface area contributed by atoms with E-state index in [1.54, 1.807) is 19.2 Å². The normalized spacial score (nSPS) is 19.8. The predicted octanol–water partition coefficient (Wildman–Crippen LogP) is 5.86. The summed E-state index contributed by atoms with van der Waals surface area (Å²) in [4.78, 5) is 13.5. The number of hydrogen-bond acceptors (Lipinski definition) is 4. The Morgan fingerprint density at radius 2 is 1.87 bits per heavy atom. The Kier molecular flexibility index (Phi) is 4.14. The van der Waals surface area contributed by atoms with Crippen molar-refractivity contribution in [3.63, 3.8) is 0 Å². The van der Waals surface area contributed by atoms with E-state index in [4.69, 9.17) is 4.74 Å². The fraction of sp³-hybridized carbons (Fsp3) is 0.269. The second-order valence-corrected chi connectivity index (χ2v) is 9.05. The zero-order chi connectivity index (χ0) is 21.0. The standard InChI is InChI=1S/C26H25NO3/c1-26(2)13-19-24(21(29)14-26)23-17-7-5-4-6-15(17)8-11-20(23)27-25(19)18-10-9-16(28)12-22(18)30-3/h4-12,25,27-28H,13-14H2,1-3H3/t25-/m1/s1. The highest BCUT2D eigenvalue weighted by atomic mass is 16.5. The van der Waals surface area contributed by atoms with Crippen LogP contribution in [0, 0.1) is 5.41 Å². The largest absolute Gasteiger partial charge is 0.508 e. The Morgan fingerprint density at radius 3 is 2.67 bits per heavy atom. The van der Waals surface area contributed by atoms with E-state index in [0.29, 0.717) is 12.2 Å². The second-order valence-electron chi connectivity index (χ2n) is 9.05. The number of ether oxygens (including phenoxy) is 1. The zero-order valence-electron chi connectivity index (χ0n) is 17.5. The Morgan fingerprint density at radius 1 is 1.07 bits per heavy atom. The quantitative estimate of drug-likeness (QED) is 0.566. The van der Waals surface area contributed by atoms with Crippen molar-refractivity contribution < 1.29 is 14.6 Å². The van der Waals surface area contributed by atoms with Gasteiger partial charge in [0.05, 0.1) is 13.2 Å². The van der Waals surface area contributed by atoms with Crippen LogP contribution < -0.4 is 10.1 Å². The number of methoxy groups -OCH3 is 1. The number of phenols is 1. The lowest BCUT2D eigenvalue weighted by Crippen LogP contribution is -2.32. The molecule has 1 atom stereocenters. The van der Waals surface area contributed by atoms with Gasteiger partial charge in [-0.15, -0.1) is 0 Å². The number of fused-ring (bicyclic) bond motifs is 4. The fourth-order valence-electron chi connectivity index (χ4n) is 5.02. The Balaban J connectivity index is 1.81. The number of carbonyl (C=O) groups is 1. The Labute approximate surface area is 176 Å². The number of carbonyl (C=O) groups excluding carboxylic acids is 1. The van der Waals surface area contributed by atoms with Gasteiger partial charge in [0.15, 0.2) is 5.78 Å². The van der Waals surface area contributed by atoms with E-state index >= 15 is 0 Å². The number of nitrogens with one attached hydrogen (secondary N) is 1. The van der Waals surface area contributed by atoms with Crippen LogP contribution in [-0.4, -0.2) is 18.0 Å². The smallest absolute Gasteiger partial charge is 0.164 e. The first-order chi connectivity index (χ1) is 14.4. The van der Waals surface area contributed by atoms with E-state index in [-0.39, 0.29) is 23.0 Å². The topological polar surface area (TPSA) is 58.6 Å². The molecule has 4 nitrogen and oxygen atoms in total. The van der Waals surface area contributed by atoms with E-state index in [1.165, 1.54) is 0 Å². The summed E-state index contributed by atoms with van der Waals surface area (Å²) in [6.07, 6.45) is 1.35. The van der Waals surface area contributed by atoms with Crippen molar-refractivity contribution in [3.05, 3.63) is 71.3 Å². The van der Waals surface area contributed by atoms with Gasteiger partial charge in [-0.3, -0.25) is 4.79 Å². The number of phenolic OH excluding ortho intramolecular Hbond substituents is 1. The van der Waals surface area contributed by atoms with Crippen molar-refractivity contribution in [2.75, 3.05) is 12.4 Å². The summed E-state index contributed by atoms with van der Waals surface area (Å²) >= 11 is 0. The number of anilines is 1. The average molecular weight is 399 g/mol. The SMILES string of the molecule is COc1cc(O)ccc1[C@H]1Nc2ccc3ccccc3c2C2=C1CC(C)(C)CC2=O. The van der Waals surface area contributed by atoms with Gasteiger partial charge in [-0.05, 0) is 46.4 Å². The minimum atomic E-state index is -0.187. The molecule has 0 spiro atoms. The van der Waals surface area contributed by atoms with Gasteiger partial charge in [0.25, 0.3) is 0 Å². The molecule has 0 aromatic heterocycles. The summed E-state index contributed by atoms with van der Waals surface area (Å²) in [5.74, 6) is 0.967. The lowest BCUT2D eigenvalue weighted by molar-refractivity contribution is -0.116. The first kappa shape index (κ1) is 18.7. The van der Waals surface area contributed by atoms with Crippen LogP contribution in [0.1, 0.15) is 43.9 Å². The Hall–Kier alpha value is -3.27. The Bertz CT molecular complexity index is 1220. The molecule has 0 amide bonds. The van der Waals surface area contributed by atoms with Crippen LogP contribution in [0.4, 0.5) is 5.69 Å². The highest BCUT2D eigenvalue weighted by molar-refractivity contribution is 6.28. The lowest BCUT2D eigenvalue weighted by atomic mass is 9.67. The van der Waals surface area contributed by atoms with Gasteiger partial charge >= 0.3 is 0 Å². The summed E-state index contributed by atoms with van der Waals surface area (Å²) < 4.78 is 5.59. The minimum absolute atomic E-state index is 0.109. The summed E-state index contributed by atoms with van der Waals surface area (Å²) in [6.45, 7) is 4.30. The van der Waals surface area contributed by atoms with Crippen molar-refractivity contribution >= 4 is 27.8 Å². The van der Waals surface area contributed by atoms with Crippen molar-refractivity contribution in [3.8, 4) is 11.5 Å². The van der Waals surface area contributed by atoms with Gasteiger partial charge in [-0.2, -0.15) is 0 Å². The third-order valence-electron chi connectivity index (χ3n) is 6.26. The maximum absolute atomic E-state index is 13.5. The molecule has 1 heterocycles. The number of aromatic hydroxyl groups is 1. The maximum Gasteiger partial charge on any atom is 0.164 e. The van der Waals surface area contributed by atoms with E-state index in [0.717, 1.165) is 45.2 Å². The molecule has 30 heavy (non-hydrogen) atoms. The van der Waals surface area contributed by atoms with Crippen molar-refractivity contribution in [2.45, 2.75) is 32.7 Å². The molecular weight excluding hydrogens is 374 g/mol. The summed E-state index contributed by atoms with van der Waals surface area (Å²) in [7, 11) is 1.60. The fourth-order valence-corrected chi connectivity index (χ4v) is 5.02. The predicted molar refractivity (Wildman–Crippen MR) is 120 cm³/mol. The summed E-state index contributed by atoms with van der Waals surface area (Å²) in [5, 5.41) is 15.8. The molecule has 3 aromatic rings. The molecule has 0 saturated carbocycles. The maximum atomic E-state index is 13.5. The molecule has 0 saturated heterocycles. The molecular formula is C26H25NO3. The highest BCUT2D eigenvalue weighted by Crippen LogP contribution is 2.52. The van der Waals surface area contributed by atoms with Gasteiger partial charge in [-0.25, -0.2) is 0 Å². The average Bonchev–Trinajstić information content (AvgIpc) is 2.72. The van der Waals surface area contributed by atoms with Gasteiger partial charge < -0.3 is 15.2 Å². The minimum Gasteiger partial charge on any atom is -0.508 e. The molecule has 152 valence electrons. The van der Waals surface area contributed by atoms with E-state index < -0.39 is 0 Å². The number of Topliss-reactive ketones (excluding diaryl/α,β-unsaturated/α-hetero) is 1. The molecule has 4 heteroatoms. The molecule has 3 aromatic carbocycles. The van der Waals surface area contributed by atoms with Gasteiger partial charge in [0, 0.05) is 34.9 Å². The first-order valence-electron chi connectivity index (χ1n) is 10.3. The van der Waals surface area contributed by atoms with E-state index in [1.807, 2.05) is 18.2 Å². The van der Waals surface area contributed by atoms with Crippen LogP contribution in [0.25, 0.3) is 16.3 Å². The first-order valence-corrected chi connectivity index (χ1v) is 10.3. The molecule has 0 bridgehead atoms.